The molecule has 0 atom stereocenters. The van der Waals surface area contributed by atoms with E-state index in [1.54, 1.807) is 0 Å². The van der Waals surface area contributed by atoms with E-state index >= 15 is 0 Å². The van der Waals surface area contributed by atoms with Crippen LogP contribution in [0.4, 0.5) is 5.69 Å². The summed E-state index contributed by atoms with van der Waals surface area (Å²) < 4.78 is 56.4. The molecule has 7 nitrogen and oxygen atoms in total. The predicted octanol–water partition coefficient (Wildman–Crippen LogP) is 1.47. The maximum absolute atomic E-state index is 11.3. The maximum atomic E-state index is 11.3. The van der Waals surface area contributed by atoms with Gasteiger partial charge in [-0.3, -0.25) is 9.27 Å². The molecule has 0 aromatic heterocycles. The molecule has 0 saturated carbocycles. The minimum Gasteiger partial charge on any atom is -0.507 e. The van der Waals surface area contributed by atoms with Crippen LogP contribution in [0.2, 0.25) is 0 Å². The standard InChI is InChI=1S/C12H13NO6S2/c1-7-11(21(17,18)19)6-8-5-9(13-20(2,15)16)3-4-10(8)12(7)14/h3-6,13-14H,1-2H3,(H,17,18,19). The molecule has 0 fully saturated rings. The van der Waals surface area contributed by atoms with E-state index in [-0.39, 0.29) is 22.4 Å². The lowest BCUT2D eigenvalue weighted by atomic mass is 10.1. The fourth-order valence-corrected chi connectivity index (χ4v) is 3.33. The monoisotopic (exact) mass is 331 g/mol. The van der Waals surface area contributed by atoms with Crippen molar-refractivity contribution in [2.45, 2.75) is 11.8 Å². The molecule has 3 N–H and O–H groups in total. The van der Waals surface area contributed by atoms with E-state index in [0.29, 0.717) is 5.39 Å². The molecule has 0 unspecified atom stereocenters. The third kappa shape index (κ3) is 3.26. The number of fused-ring (bicyclic) bond motifs is 1. The quantitative estimate of drug-likeness (QED) is 0.732. The number of hydrogen-bond acceptors (Lipinski definition) is 5. The molecular weight excluding hydrogens is 318 g/mol. The fourth-order valence-electron chi connectivity index (χ4n) is 2.01. The molecule has 0 aliphatic heterocycles. The second-order valence-corrected chi connectivity index (χ2v) is 7.77. The van der Waals surface area contributed by atoms with Crippen molar-refractivity contribution in [2.75, 3.05) is 11.0 Å². The van der Waals surface area contributed by atoms with Crippen LogP contribution in [0.15, 0.2) is 29.2 Å². The Morgan fingerprint density at radius 3 is 2.24 bits per heavy atom. The molecule has 2 aromatic carbocycles. The van der Waals surface area contributed by atoms with Crippen molar-refractivity contribution in [2.24, 2.45) is 0 Å². The average Bonchev–Trinajstić information content (AvgIpc) is 2.30. The smallest absolute Gasteiger partial charge is 0.294 e. The molecule has 21 heavy (non-hydrogen) atoms. The Hall–Kier alpha value is -1.84. The number of sulfonamides is 1. The lowest BCUT2D eigenvalue weighted by Crippen LogP contribution is -2.09. The number of phenolic OH excluding ortho intramolecular Hbond substituents is 1. The SMILES string of the molecule is Cc1c(S(=O)(=O)O)cc2cc(NS(C)(=O)=O)ccc2c1O. The van der Waals surface area contributed by atoms with E-state index in [9.17, 15) is 21.9 Å². The molecule has 114 valence electrons. The summed E-state index contributed by atoms with van der Waals surface area (Å²) in [5.74, 6) is -0.286. The van der Waals surface area contributed by atoms with Crippen molar-refractivity contribution >= 4 is 36.6 Å². The topological polar surface area (TPSA) is 121 Å². The average molecular weight is 331 g/mol. The van der Waals surface area contributed by atoms with Crippen molar-refractivity contribution < 1.29 is 26.5 Å². The van der Waals surface area contributed by atoms with Gasteiger partial charge in [-0.1, -0.05) is 0 Å². The molecule has 0 radical (unpaired) electrons. The summed E-state index contributed by atoms with van der Waals surface area (Å²) in [5.41, 5.74) is 0.239. The second-order valence-electron chi connectivity index (χ2n) is 4.63. The number of rotatable bonds is 3. The summed E-state index contributed by atoms with van der Waals surface area (Å²) in [5, 5.41) is 10.6. The predicted molar refractivity (Wildman–Crippen MR) is 78.6 cm³/mol. The van der Waals surface area contributed by atoms with Crippen LogP contribution < -0.4 is 4.72 Å². The van der Waals surface area contributed by atoms with Gasteiger partial charge in [0.1, 0.15) is 10.6 Å². The highest BCUT2D eigenvalue weighted by atomic mass is 32.2. The normalized spacial score (nSPS) is 12.5. The number of phenols is 1. The van der Waals surface area contributed by atoms with Crippen molar-refractivity contribution in [1.29, 1.82) is 0 Å². The first kappa shape index (κ1) is 15.5. The first-order valence-electron chi connectivity index (χ1n) is 5.70. The van der Waals surface area contributed by atoms with Crippen LogP contribution in [-0.2, 0) is 20.1 Å². The molecule has 2 rings (SSSR count). The van der Waals surface area contributed by atoms with Crippen LogP contribution in [0.3, 0.4) is 0 Å². The Kier molecular flexibility index (Phi) is 3.60. The summed E-state index contributed by atoms with van der Waals surface area (Å²) in [6.07, 6.45) is 0.980. The maximum Gasteiger partial charge on any atom is 0.294 e. The molecule has 0 bridgehead atoms. The van der Waals surface area contributed by atoms with Gasteiger partial charge in [0.25, 0.3) is 10.1 Å². The largest absolute Gasteiger partial charge is 0.507 e. The van der Waals surface area contributed by atoms with Gasteiger partial charge in [-0.2, -0.15) is 8.42 Å². The van der Waals surface area contributed by atoms with Crippen LogP contribution in [0, 0.1) is 6.92 Å². The first-order chi connectivity index (χ1) is 9.49. The number of benzene rings is 2. The number of aromatic hydroxyl groups is 1. The van der Waals surface area contributed by atoms with Crippen LogP contribution >= 0.6 is 0 Å². The second kappa shape index (κ2) is 4.86. The van der Waals surface area contributed by atoms with E-state index in [1.165, 1.54) is 31.2 Å². The van der Waals surface area contributed by atoms with Gasteiger partial charge in [0.05, 0.1) is 6.26 Å². The zero-order chi connectivity index (χ0) is 16.0. The van der Waals surface area contributed by atoms with E-state index in [4.69, 9.17) is 4.55 Å². The van der Waals surface area contributed by atoms with Gasteiger partial charge in [-0.05, 0) is 36.6 Å². The third-order valence-electron chi connectivity index (χ3n) is 2.90. The number of hydrogen-bond donors (Lipinski definition) is 3. The highest BCUT2D eigenvalue weighted by molar-refractivity contribution is 7.92. The number of nitrogens with one attached hydrogen (secondary N) is 1. The molecule has 0 amide bonds. The molecule has 0 saturated heterocycles. The van der Waals surface area contributed by atoms with Crippen molar-refractivity contribution in [1.82, 2.24) is 0 Å². The minimum absolute atomic E-state index is 0.0221. The van der Waals surface area contributed by atoms with Crippen LogP contribution in [-0.4, -0.2) is 32.8 Å². The Bertz CT molecular complexity index is 932. The summed E-state index contributed by atoms with van der Waals surface area (Å²) in [4.78, 5) is -0.427. The Labute approximate surface area is 122 Å². The van der Waals surface area contributed by atoms with Gasteiger partial charge in [0.2, 0.25) is 10.0 Å². The van der Waals surface area contributed by atoms with E-state index in [1.807, 2.05) is 0 Å². The highest BCUT2D eigenvalue weighted by Crippen LogP contribution is 2.34. The lowest BCUT2D eigenvalue weighted by molar-refractivity contribution is 0.466. The van der Waals surface area contributed by atoms with Crippen molar-refractivity contribution in [3.63, 3.8) is 0 Å². The Morgan fingerprint density at radius 1 is 1.10 bits per heavy atom. The van der Waals surface area contributed by atoms with E-state index < -0.39 is 25.0 Å². The van der Waals surface area contributed by atoms with Gasteiger partial charge in [-0.15, -0.1) is 0 Å². The molecule has 2 aromatic rings. The number of anilines is 1. The fraction of sp³-hybridized carbons (Fsp3) is 0.167. The molecule has 0 heterocycles. The third-order valence-corrected chi connectivity index (χ3v) is 4.49. The summed E-state index contributed by atoms with van der Waals surface area (Å²) >= 11 is 0. The van der Waals surface area contributed by atoms with Crippen LogP contribution in [0.5, 0.6) is 5.75 Å². The zero-order valence-corrected chi connectivity index (χ0v) is 12.8. The lowest BCUT2D eigenvalue weighted by Gasteiger charge is -2.11. The van der Waals surface area contributed by atoms with Gasteiger partial charge >= 0.3 is 0 Å². The zero-order valence-electron chi connectivity index (χ0n) is 11.2. The van der Waals surface area contributed by atoms with Gasteiger partial charge in [-0.25, -0.2) is 8.42 Å². The molecule has 0 aliphatic rings. The minimum atomic E-state index is -4.49. The van der Waals surface area contributed by atoms with Crippen LogP contribution in [0.25, 0.3) is 10.8 Å². The molecule has 0 spiro atoms. The Balaban J connectivity index is 2.76. The molecule has 9 heteroatoms. The van der Waals surface area contributed by atoms with E-state index in [2.05, 4.69) is 4.72 Å². The summed E-state index contributed by atoms with van der Waals surface area (Å²) in [6.45, 7) is 1.36. The van der Waals surface area contributed by atoms with E-state index in [0.717, 1.165) is 6.26 Å². The summed E-state index contributed by atoms with van der Waals surface area (Å²) in [6, 6.07) is 5.44. The Morgan fingerprint density at radius 2 is 1.71 bits per heavy atom. The van der Waals surface area contributed by atoms with Crippen molar-refractivity contribution in [3.8, 4) is 5.75 Å². The van der Waals surface area contributed by atoms with Crippen LogP contribution in [0.1, 0.15) is 5.56 Å². The summed E-state index contributed by atoms with van der Waals surface area (Å²) in [7, 11) is -7.98. The van der Waals surface area contributed by atoms with Crippen molar-refractivity contribution in [3.05, 3.63) is 29.8 Å². The van der Waals surface area contributed by atoms with Gasteiger partial charge in [0, 0.05) is 16.6 Å². The van der Waals surface area contributed by atoms with Gasteiger partial charge < -0.3 is 5.11 Å². The molecule has 0 aliphatic carbocycles. The van der Waals surface area contributed by atoms with Gasteiger partial charge in [0.15, 0.2) is 0 Å². The first-order valence-corrected chi connectivity index (χ1v) is 9.04. The molecular formula is C12H13NO6S2. The highest BCUT2D eigenvalue weighted by Gasteiger charge is 2.18.